The summed E-state index contributed by atoms with van der Waals surface area (Å²) in [6.07, 6.45) is 5.84. The largest absolute Gasteiger partial charge is 0.472 e. The molecule has 0 bridgehead atoms. The van der Waals surface area contributed by atoms with E-state index in [0.29, 0.717) is 19.5 Å². The van der Waals surface area contributed by atoms with E-state index < -0.39 is 5.82 Å². The molecule has 1 N–H and O–H groups in total. The standard InChI is InChI=1S/C22H17FN2O2/c23-20-5-4-14(8-15-2-1-3-21-18(15)6-7-24-21)9-19(20)22(26)25-10-16-12-27-13-17(16)11-25/h1-7,9,12-13,24H,8,10-11H2. The smallest absolute Gasteiger partial charge is 0.257 e. The van der Waals surface area contributed by atoms with Crippen molar-refractivity contribution in [3.8, 4) is 0 Å². The van der Waals surface area contributed by atoms with E-state index in [2.05, 4.69) is 11.1 Å². The Bertz CT molecular complexity index is 1140. The van der Waals surface area contributed by atoms with Crippen molar-refractivity contribution in [1.29, 1.82) is 0 Å². The van der Waals surface area contributed by atoms with E-state index in [-0.39, 0.29) is 11.5 Å². The Morgan fingerprint density at radius 3 is 2.74 bits per heavy atom. The van der Waals surface area contributed by atoms with E-state index in [0.717, 1.165) is 33.2 Å². The van der Waals surface area contributed by atoms with E-state index in [1.165, 1.54) is 6.07 Å². The number of halogens is 1. The third-order valence-electron chi connectivity index (χ3n) is 5.18. The average Bonchev–Trinajstić information content (AvgIpc) is 3.38. The molecule has 5 rings (SSSR count). The minimum atomic E-state index is -0.486. The molecule has 4 nitrogen and oxygen atoms in total. The number of carbonyl (C=O) groups excluding carboxylic acids is 1. The zero-order valence-electron chi connectivity index (χ0n) is 14.5. The molecular formula is C22H17FN2O2. The minimum absolute atomic E-state index is 0.121. The van der Waals surface area contributed by atoms with Gasteiger partial charge in [0.1, 0.15) is 5.82 Å². The molecule has 1 aliphatic heterocycles. The van der Waals surface area contributed by atoms with Crippen LogP contribution in [0.25, 0.3) is 10.9 Å². The van der Waals surface area contributed by atoms with Gasteiger partial charge in [0, 0.05) is 41.3 Å². The SMILES string of the molecule is O=C(c1cc(Cc2cccc3[nH]ccc23)ccc1F)N1Cc2cocc2C1. The monoisotopic (exact) mass is 360 g/mol. The number of rotatable bonds is 3. The Morgan fingerprint density at radius 2 is 1.93 bits per heavy atom. The first kappa shape index (κ1) is 15.9. The highest BCUT2D eigenvalue weighted by Gasteiger charge is 2.27. The van der Waals surface area contributed by atoms with E-state index in [4.69, 9.17) is 4.42 Å². The number of nitrogens with one attached hydrogen (secondary N) is 1. The number of H-pyrrole nitrogens is 1. The highest BCUT2D eigenvalue weighted by atomic mass is 19.1. The number of nitrogens with zero attached hydrogens (tertiary/aromatic N) is 1. The van der Waals surface area contributed by atoms with Crippen LogP contribution in [0.2, 0.25) is 0 Å². The van der Waals surface area contributed by atoms with E-state index >= 15 is 0 Å². The van der Waals surface area contributed by atoms with Gasteiger partial charge in [-0.1, -0.05) is 18.2 Å². The highest BCUT2D eigenvalue weighted by molar-refractivity contribution is 5.95. The lowest BCUT2D eigenvalue weighted by molar-refractivity contribution is 0.0745. The summed E-state index contributed by atoms with van der Waals surface area (Å²) in [6.45, 7) is 0.911. The van der Waals surface area contributed by atoms with Crippen LogP contribution in [0.15, 0.2) is 65.6 Å². The van der Waals surface area contributed by atoms with Crippen molar-refractivity contribution in [2.24, 2.45) is 0 Å². The maximum atomic E-state index is 14.4. The zero-order chi connectivity index (χ0) is 18.4. The molecule has 2 aromatic carbocycles. The number of benzene rings is 2. The van der Waals surface area contributed by atoms with Crippen LogP contribution < -0.4 is 0 Å². The van der Waals surface area contributed by atoms with Gasteiger partial charge in [-0.15, -0.1) is 0 Å². The topological polar surface area (TPSA) is 49.2 Å². The molecule has 3 heterocycles. The predicted octanol–water partition coefficient (Wildman–Crippen LogP) is 4.65. The van der Waals surface area contributed by atoms with Gasteiger partial charge >= 0.3 is 0 Å². The molecule has 0 radical (unpaired) electrons. The molecule has 0 spiro atoms. The molecule has 0 unspecified atom stereocenters. The molecule has 5 heteroatoms. The number of furan rings is 1. The fourth-order valence-corrected chi connectivity index (χ4v) is 3.78. The van der Waals surface area contributed by atoms with Crippen LogP contribution in [0.4, 0.5) is 4.39 Å². The minimum Gasteiger partial charge on any atom is -0.472 e. The van der Waals surface area contributed by atoms with Gasteiger partial charge in [-0.05, 0) is 41.8 Å². The molecule has 0 atom stereocenters. The van der Waals surface area contributed by atoms with Crippen LogP contribution in [-0.4, -0.2) is 15.8 Å². The summed E-state index contributed by atoms with van der Waals surface area (Å²) in [5.74, 6) is -0.773. The fraction of sp³-hybridized carbons (Fsp3) is 0.136. The van der Waals surface area contributed by atoms with E-state index in [9.17, 15) is 9.18 Å². The summed E-state index contributed by atoms with van der Waals surface area (Å²) in [7, 11) is 0. The van der Waals surface area contributed by atoms with Gasteiger partial charge in [0.15, 0.2) is 0 Å². The number of hydrogen-bond donors (Lipinski definition) is 1. The summed E-state index contributed by atoms with van der Waals surface area (Å²) < 4.78 is 19.5. The van der Waals surface area contributed by atoms with E-state index in [1.54, 1.807) is 29.6 Å². The third-order valence-corrected chi connectivity index (χ3v) is 5.18. The first-order valence-corrected chi connectivity index (χ1v) is 8.85. The maximum Gasteiger partial charge on any atom is 0.257 e. The maximum absolute atomic E-state index is 14.4. The molecule has 134 valence electrons. The van der Waals surface area contributed by atoms with Gasteiger partial charge in [0.25, 0.3) is 5.91 Å². The average molecular weight is 360 g/mol. The van der Waals surface area contributed by atoms with Gasteiger partial charge in [-0.3, -0.25) is 4.79 Å². The summed E-state index contributed by atoms with van der Waals surface area (Å²) in [5.41, 5.74) is 5.21. The number of aromatic nitrogens is 1. The Balaban J connectivity index is 1.44. The van der Waals surface area contributed by atoms with Crippen molar-refractivity contribution in [3.63, 3.8) is 0 Å². The van der Waals surface area contributed by atoms with Crippen LogP contribution in [-0.2, 0) is 19.5 Å². The predicted molar refractivity (Wildman–Crippen MR) is 99.8 cm³/mol. The normalized spacial score (nSPS) is 13.3. The summed E-state index contributed by atoms with van der Waals surface area (Å²) in [6, 6.07) is 12.9. The first-order valence-electron chi connectivity index (χ1n) is 8.85. The number of aromatic amines is 1. The Labute approximate surface area is 155 Å². The highest BCUT2D eigenvalue weighted by Crippen LogP contribution is 2.27. The van der Waals surface area contributed by atoms with Crippen LogP contribution in [0, 0.1) is 5.82 Å². The molecule has 0 saturated carbocycles. The molecule has 1 aliphatic rings. The molecular weight excluding hydrogens is 343 g/mol. The lowest BCUT2D eigenvalue weighted by Gasteiger charge is -2.17. The number of carbonyl (C=O) groups is 1. The first-order chi connectivity index (χ1) is 13.2. The second-order valence-corrected chi connectivity index (χ2v) is 6.93. The molecule has 0 aliphatic carbocycles. The van der Waals surface area contributed by atoms with Crippen molar-refractivity contribution in [2.45, 2.75) is 19.5 Å². The van der Waals surface area contributed by atoms with Gasteiger partial charge in [-0.25, -0.2) is 4.39 Å². The summed E-state index contributed by atoms with van der Waals surface area (Å²) in [4.78, 5) is 17.7. The number of fused-ring (bicyclic) bond motifs is 2. The van der Waals surface area contributed by atoms with Gasteiger partial charge in [0.05, 0.1) is 18.1 Å². The molecule has 1 amide bonds. The van der Waals surface area contributed by atoms with Crippen LogP contribution in [0.1, 0.15) is 32.6 Å². The zero-order valence-corrected chi connectivity index (χ0v) is 14.5. The Hall–Kier alpha value is -3.34. The number of hydrogen-bond acceptors (Lipinski definition) is 2. The second-order valence-electron chi connectivity index (χ2n) is 6.93. The Kier molecular flexibility index (Phi) is 3.60. The summed E-state index contributed by atoms with van der Waals surface area (Å²) >= 11 is 0. The molecule has 2 aromatic heterocycles. The quantitative estimate of drug-likeness (QED) is 0.578. The molecule has 4 aromatic rings. The number of amides is 1. The van der Waals surface area contributed by atoms with Gasteiger partial charge < -0.3 is 14.3 Å². The molecule has 0 saturated heterocycles. The van der Waals surface area contributed by atoms with Crippen LogP contribution >= 0.6 is 0 Å². The lowest BCUT2D eigenvalue weighted by atomic mass is 9.99. The van der Waals surface area contributed by atoms with Crippen molar-refractivity contribution < 1.29 is 13.6 Å². The second kappa shape index (κ2) is 6.13. The van der Waals surface area contributed by atoms with Crippen molar-refractivity contribution in [3.05, 3.63) is 94.8 Å². The Morgan fingerprint density at radius 1 is 1.11 bits per heavy atom. The van der Waals surface area contributed by atoms with Crippen LogP contribution in [0.5, 0.6) is 0 Å². The van der Waals surface area contributed by atoms with Crippen molar-refractivity contribution >= 4 is 16.8 Å². The van der Waals surface area contributed by atoms with Gasteiger partial charge in [-0.2, -0.15) is 0 Å². The van der Waals surface area contributed by atoms with Crippen molar-refractivity contribution in [1.82, 2.24) is 9.88 Å². The van der Waals surface area contributed by atoms with E-state index in [1.807, 2.05) is 24.4 Å². The van der Waals surface area contributed by atoms with Gasteiger partial charge in [0.2, 0.25) is 0 Å². The van der Waals surface area contributed by atoms with Crippen molar-refractivity contribution in [2.75, 3.05) is 0 Å². The van der Waals surface area contributed by atoms with Crippen LogP contribution in [0.3, 0.4) is 0 Å². The fourth-order valence-electron chi connectivity index (χ4n) is 3.78. The molecule has 27 heavy (non-hydrogen) atoms. The summed E-state index contributed by atoms with van der Waals surface area (Å²) in [5, 5.41) is 1.14. The third kappa shape index (κ3) is 2.72. The lowest BCUT2D eigenvalue weighted by Crippen LogP contribution is -2.26. The molecule has 0 fully saturated rings.